The number of carbonyl (C=O) groups is 5. The van der Waals surface area contributed by atoms with E-state index in [1.54, 1.807) is 0 Å². The van der Waals surface area contributed by atoms with Crippen molar-refractivity contribution in [2.45, 2.75) is 73.0 Å². The molecule has 1 aliphatic rings. The average molecular weight is 587 g/mol. The molecule has 232 valence electrons. The van der Waals surface area contributed by atoms with Crippen LogP contribution in [0.2, 0.25) is 0 Å². The summed E-state index contributed by atoms with van der Waals surface area (Å²) >= 11 is 0. The molecule has 4 atom stereocenters. The molecule has 0 saturated carbocycles. The van der Waals surface area contributed by atoms with Gasteiger partial charge in [-0.2, -0.15) is 0 Å². The summed E-state index contributed by atoms with van der Waals surface area (Å²) < 4.78 is 0. The predicted octanol–water partition coefficient (Wildman–Crippen LogP) is 1.82. The average Bonchev–Trinajstić information content (AvgIpc) is 3.37. The van der Waals surface area contributed by atoms with Crippen molar-refractivity contribution in [1.82, 2.24) is 20.9 Å². The van der Waals surface area contributed by atoms with Crippen LogP contribution in [0, 0.1) is 23.2 Å². The number of hydrogen-bond acceptors (Lipinski definition) is 7. The highest BCUT2D eigenvalue weighted by molar-refractivity contribution is 6.36. The SMILES string of the molecule is CO/N=C(\c1ccccc1)[C@@H](NC(=O)N[C@H](C(=O)N1CC[C@H](C(C)C)[C@H]1C(=O)NCC(=O)C(N)=O)C(C)(C)C)C(C)C. The van der Waals surface area contributed by atoms with Gasteiger partial charge in [0.15, 0.2) is 0 Å². The molecule has 0 spiro atoms. The lowest BCUT2D eigenvalue weighted by molar-refractivity contribution is -0.143. The number of primary amides is 1. The normalized spacial score (nSPS) is 18.8. The molecule has 0 unspecified atom stereocenters. The van der Waals surface area contributed by atoms with Crippen LogP contribution in [-0.2, 0) is 24.0 Å². The number of ketones is 1. The van der Waals surface area contributed by atoms with Crippen molar-refractivity contribution < 1.29 is 28.8 Å². The summed E-state index contributed by atoms with van der Waals surface area (Å²) in [4.78, 5) is 70.2. The molecule has 1 saturated heterocycles. The summed E-state index contributed by atoms with van der Waals surface area (Å²) in [5.41, 5.74) is 5.61. The molecule has 1 aromatic carbocycles. The van der Waals surface area contributed by atoms with Gasteiger partial charge in [0, 0.05) is 12.1 Å². The second-order valence-corrected chi connectivity index (χ2v) is 12.3. The van der Waals surface area contributed by atoms with Crippen molar-refractivity contribution in [2.24, 2.45) is 34.1 Å². The number of urea groups is 1. The summed E-state index contributed by atoms with van der Waals surface area (Å²) in [6.45, 7) is 13.0. The fourth-order valence-electron chi connectivity index (χ4n) is 5.13. The Kier molecular flexibility index (Phi) is 12.1. The van der Waals surface area contributed by atoms with Gasteiger partial charge in [0.05, 0.1) is 12.6 Å². The zero-order chi connectivity index (χ0) is 31.8. The predicted molar refractivity (Wildman–Crippen MR) is 159 cm³/mol. The highest BCUT2D eigenvalue weighted by atomic mass is 16.6. The van der Waals surface area contributed by atoms with Crippen molar-refractivity contribution >= 4 is 35.2 Å². The van der Waals surface area contributed by atoms with Crippen LogP contribution < -0.4 is 21.7 Å². The highest BCUT2D eigenvalue weighted by Gasteiger charge is 2.47. The molecule has 5 N–H and O–H groups in total. The largest absolute Gasteiger partial charge is 0.399 e. The molecular formula is C30H46N6O6. The van der Waals surface area contributed by atoms with Crippen LogP contribution in [0.15, 0.2) is 35.5 Å². The summed E-state index contributed by atoms with van der Waals surface area (Å²) in [5, 5.41) is 12.5. The minimum Gasteiger partial charge on any atom is -0.399 e. The van der Waals surface area contributed by atoms with E-state index < -0.39 is 59.6 Å². The van der Waals surface area contributed by atoms with E-state index in [1.165, 1.54) is 12.0 Å². The molecule has 5 amide bonds. The van der Waals surface area contributed by atoms with Gasteiger partial charge >= 0.3 is 6.03 Å². The lowest BCUT2D eigenvalue weighted by Crippen LogP contribution is -2.61. The Morgan fingerprint density at radius 3 is 2.17 bits per heavy atom. The first-order valence-corrected chi connectivity index (χ1v) is 14.2. The molecule has 1 heterocycles. The van der Waals surface area contributed by atoms with Gasteiger partial charge in [-0.05, 0) is 29.6 Å². The van der Waals surface area contributed by atoms with E-state index in [1.807, 2.05) is 78.8 Å². The summed E-state index contributed by atoms with van der Waals surface area (Å²) in [7, 11) is 1.44. The lowest BCUT2D eigenvalue weighted by Gasteiger charge is -2.37. The van der Waals surface area contributed by atoms with Crippen molar-refractivity contribution in [3.05, 3.63) is 35.9 Å². The van der Waals surface area contributed by atoms with Crippen molar-refractivity contribution in [3.8, 4) is 0 Å². The molecule has 0 bridgehead atoms. The number of hydrogen-bond donors (Lipinski definition) is 4. The van der Waals surface area contributed by atoms with Crippen LogP contribution >= 0.6 is 0 Å². The number of nitrogens with one attached hydrogen (secondary N) is 3. The van der Waals surface area contributed by atoms with Crippen LogP contribution in [0.5, 0.6) is 0 Å². The zero-order valence-corrected chi connectivity index (χ0v) is 25.9. The number of carbonyl (C=O) groups excluding carboxylic acids is 5. The van der Waals surface area contributed by atoms with E-state index in [0.717, 1.165) is 5.56 Å². The van der Waals surface area contributed by atoms with Crippen molar-refractivity contribution in [3.63, 3.8) is 0 Å². The van der Waals surface area contributed by atoms with E-state index in [-0.39, 0.29) is 17.8 Å². The smallest absolute Gasteiger partial charge is 0.316 e. The third-order valence-electron chi connectivity index (χ3n) is 7.45. The van der Waals surface area contributed by atoms with Gasteiger partial charge in [-0.1, -0.05) is 84.0 Å². The van der Waals surface area contributed by atoms with Gasteiger partial charge < -0.3 is 31.4 Å². The maximum absolute atomic E-state index is 14.1. The fourth-order valence-corrected chi connectivity index (χ4v) is 5.13. The number of rotatable bonds is 12. The van der Waals surface area contributed by atoms with Gasteiger partial charge in [-0.15, -0.1) is 0 Å². The molecule has 0 aromatic heterocycles. The second kappa shape index (κ2) is 14.8. The molecular weight excluding hydrogens is 540 g/mol. The molecule has 1 fully saturated rings. The standard InChI is InChI=1S/C30H46N6O6/c1-17(2)20-14-15-36(24(20)27(39)32-16-21(37)26(31)38)28(40)25(30(5,6)7)34-29(41)33-22(18(3)4)23(35-42-8)19-12-10-9-11-13-19/h9-13,17-18,20,22,24-25H,14-16H2,1-8H3,(H2,31,38)(H,32,39)(H2,33,34,41)/b35-23+/t20-,22+,24+,25-/m1/s1. The third-order valence-corrected chi connectivity index (χ3v) is 7.45. The van der Waals surface area contributed by atoms with Crippen LogP contribution in [0.1, 0.15) is 60.5 Å². The van der Waals surface area contributed by atoms with Gasteiger partial charge in [0.25, 0.3) is 5.91 Å². The minimum absolute atomic E-state index is 0.0537. The topological polar surface area (TPSA) is 172 Å². The van der Waals surface area contributed by atoms with Gasteiger partial charge in [0.2, 0.25) is 17.6 Å². The molecule has 1 aliphatic heterocycles. The molecule has 0 radical (unpaired) electrons. The quantitative estimate of drug-likeness (QED) is 0.165. The van der Waals surface area contributed by atoms with E-state index in [9.17, 15) is 24.0 Å². The molecule has 12 nitrogen and oxygen atoms in total. The fraction of sp³-hybridized carbons (Fsp3) is 0.600. The van der Waals surface area contributed by atoms with E-state index >= 15 is 0 Å². The number of amides is 5. The van der Waals surface area contributed by atoms with E-state index in [0.29, 0.717) is 18.7 Å². The third kappa shape index (κ3) is 8.77. The Balaban J connectivity index is 2.32. The van der Waals surface area contributed by atoms with Gasteiger partial charge in [-0.3, -0.25) is 19.2 Å². The molecule has 12 heteroatoms. The maximum atomic E-state index is 14.1. The van der Waals surface area contributed by atoms with E-state index in [2.05, 4.69) is 21.1 Å². The van der Waals surface area contributed by atoms with Crippen LogP contribution in [0.3, 0.4) is 0 Å². The molecule has 0 aliphatic carbocycles. The lowest BCUT2D eigenvalue weighted by atomic mass is 9.84. The zero-order valence-electron chi connectivity index (χ0n) is 25.9. The molecule has 42 heavy (non-hydrogen) atoms. The Morgan fingerprint density at radius 2 is 1.67 bits per heavy atom. The second-order valence-electron chi connectivity index (χ2n) is 12.3. The first kappa shape index (κ1) is 34.2. The first-order chi connectivity index (χ1) is 19.6. The Bertz CT molecular complexity index is 1160. The number of nitrogens with zero attached hydrogens (tertiary/aromatic N) is 2. The van der Waals surface area contributed by atoms with Crippen LogP contribution in [-0.4, -0.2) is 78.5 Å². The van der Waals surface area contributed by atoms with Gasteiger partial charge in [0.1, 0.15) is 24.9 Å². The number of Topliss-reactive ketones (excluding diaryl/α,β-unsaturated/α-hetero) is 1. The summed E-state index contributed by atoms with van der Waals surface area (Å²) in [5.74, 6) is -3.25. The summed E-state index contributed by atoms with van der Waals surface area (Å²) in [6.07, 6.45) is 0.567. The Morgan fingerprint density at radius 1 is 1.05 bits per heavy atom. The molecule has 1 aromatic rings. The van der Waals surface area contributed by atoms with Crippen molar-refractivity contribution in [2.75, 3.05) is 20.2 Å². The van der Waals surface area contributed by atoms with E-state index in [4.69, 9.17) is 10.6 Å². The Hall–Kier alpha value is -3.96. The highest BCUT2D eigenvalue weighted by Crippen LogP contribution is 2.33. The van der Waals surface area contributed by atoms with Gasteiger partial charge in [-0.25, -0.2) is 4.79 Å². The number of likely N-dealkylation sites (tertiary alicyclic amines) is 1. The van der Waals surface area contributed by atoms with Crippen molar-refractivity contribution in [1.29, 1.82) is 0 Å². The number of nitrogens with two attached hydrogens (primary N) is 1. The summed E-state index contributed by atoms with van der Waals surface area (Å²) in [6, 6.07) is 6.36. The Labute approximate surface area is 248 Å². The van der Waals surface area contributed by atoms with Crippen LogP contribution in [0.25, 0.3) is 0 Å². The monoisotopic (exact) mass is 586 g/mol. The number of benzene rings is 1. The maximum Gasteiger partial charge on any atom is 0.316 e. The first-order valence-electron chi connectivity index (χ1n) is 14.2. The van der Waals surface area contributed by atoms with Crippen LogP contribution in [0.4, 0.5) is 4.79 Å². The number of oxime groups is 1. The minimum atomic E-state index is -1.15. The molecule has 2 rings (SSSR count).